The molecule has 0 saturated carbocycles. The van der Waals surface area contributed by atoms with Gasteiger partial charge in [-0.05, 0) is 35.8 Å². The molecule has 1 rings (SSSR count). The lowest BCUT2D eigenvalue weighted by molar-refractivity contribution is 0.562. The molecule has 1 heterocycles. The molecule has 0 saturated heterocycles. The van der Waals surface area contributed by atoms with E-state index >= 15 is 0 Å². The molecule has 0 fully saturated rings. The first-order valence-electron chi connectivity index (χ1n) is 4.94. The van der Waals surface area contributed by atoms with Crippen molar-refractivity contribution in [2.75, 3.05) is 12.0 Å². The normalized spacial score (nSPS) is 14.0. The minimum atomic E-state index is -2.90. The van der Waals surface area contributed by atoms with Gasteiger partial charge in [0, 0.05) is 33.1 Å². The summed E-state index contributed by atoms with van der Waals surface area (Å²) < 4.78 is 23.2. The van der Waals surface area contributed by atoms with E-state index in [0.29, 0.717) is 6.54 Å². The Morgan fingerprint density at radius 1 is 1.56 bits per heavy atom. The van der Waals surface area contributed by atoms with Crippen molar-refractivity contribution in [1.82, 2.24) is 5.32 Å². The fraction of sp³-hybridized carbons (Fsp3) is 0.600. The van der Waals surface area contributed by atoms with E-state index < -0.39 is 9.84 Å². The molecule has 1 aromatic rings. The first-order chi connectivity index (χ1) is 7.28. The first-order valence-corrected chi connectivity index (χ1v) is 8.61. The van der Waals surface area contributed by atoms with E-state index in [-0.39, 0.29) is 11.8 Å². The molecule has 0 bridgehead atoms. The predicted octanol–water partition coefficient (Wildman–Crippen LogP) is 2.34. The summed E-state index contributed by atoms with van der Waals surface area (Å²) in [6, 6.07) is 2.05. The van der Waals surface area contributed by atoms with Gasteiger partial charge in [0.1, 0.15) is 9.84 Å². The zero-order valence-electron chi connectivity index (χ0n) is 9.58. The minimum absolute atomic E-state index is 0.0174. The van der Waals surface area contributed by atoms with E-state index in [4.69, 9.17) is 0 Å². The summed E-state index contributed by atoms with van der Waals surface area (Å²) in [6.07, 6.45) is 1.26. The van der Waals surface area contributed by atoms with Gasteiger partial charge < -0.3 is 5.32 Å². The molecular weight excluding hydrogens is 310 g/mol. The number of nitrogens with one attached hydrogen (secondary N) is 1. The van der Waals surface area contributed by atoms with E-state index in [2.05, 4.69) is 34.2 Å². The number of aryl methyl sites for hydroxylation is 1. The minimum Gasteiger partial charge on any atom is -0.308 e. The second-order valence-corrected chi connectivity index (χ2v) is 8.37. The molecule has 6 heteroatoms. The average molecular weight is 326 g/mol. The summed E-state index contributed by atoms with van der Waals surface area (Å²) in [6.45, 7) is 4.66. The Morgan fingerprint density at radius 3 is 2.62 bits per heavy atom. The number of sulfone groups is 1. The van der Waals surface area contributed by atoms with Crippen molar-refractivity contribution in [3.63, 3.8) is 0 Å². The van der Waals surface area contributed by atoms with Gasteiger partial charge in [-0.3, -0.25) is 0 Å². The van der Waals surface area contributed by atoms with Gasteiger partial charge in [-0.25, -0.2) is 8.42 Å². The van der Waals surface area contributed by atoms with Crippen molar-refractivity contribution >= 4 is 37.1 Å². The fourth-order valence-electron chi connectivity index (χ4n) is 1.39. The van der Waals surface area contributed by atoms with E-state index in [1.54, 1.807) is 11.3 Å². The van der Waals surface area contributed by atoms with Gasteiger partial charge in [-0.15, -0.1) is 11.3 Å². The lowest BCUT2D eigenvalue weighted by Gasteiger charge is -2.11. The van der Waals surface area contributed by atoms with Crippen molar-refractivity contribution in [1.29, 1.82) is 0 Å². The molecule has 0 aliphatic carbocycles. The maximum absolute atomic E-state index is 11.1. The van der Waals surface area contributed by atoms with Crippen LogP contribution in [0.2, 0.25) is 0 Å². The zero-order chi connectivity index (χ0) is 12.3. The number of hydrogen-bond donors (Lipinski definition) is 1. The highest BCUT2D eigenvalue weighted by molar-refractivity contribution is 9.10. The number of thiophene rings is 1. The maximum atomic E-state index is 11.1. The predicted molar refractivity (Wildman–Crippen MR) is 72.8 cm³/mol. The van der Waals surface area contributed by atoms with E-state index in [0.717, 1.165) is 4.47 Å². The molecule has 3 nitrogen and oxygen atoms in total. The Morgan fingerprint density at radius 2 is 2.19 bits per heavy atom. The Kier molecular flexibility index (Phi) is 4.97. The number of rotatable bonds is 5. The van der Waals surface area contributed by atoms with Crippen molar-refractivity contribution < 1.29 is 8.42 Å². The molecule has 92 valence electrons. The van der Waals surface area contributed by atoms with Crippen LogP contribution in [0.3, 0.4) is 0 Å². The van der Waals surface area contributed by atoms with Gasteiger partial charge in [0.25, 0.3) is 0 Å². The summed E-state index contributed by atoms with van der Waals surface area (Å²) in [7, 11) is -2.90. The molecule has 0 radical (unpaired) electrons. The van der Waals surface area contributed by atoms with Crippen LogP contribution in [-0.2, 0) is 16.4 Å². The summed E-state index contributed by atoms with van der Waals surface area (Å²) in [5, 5.41) is 3.21. The highest BCUT2D eigenvalue weighted by atomic mass is 79.9. The van der Waals surface area contributed by atoms with Crippen LogP contribution < -0.4 is 5.32 Å². The maximum Gasteiger partial charge on any atom is 0.148 e. The van der Waals surface area contributed by atoms with Gasteiger partial charge in [0.05, 0.1) is 5.75 Å². The van der Waals surface area contributed by atoms with Crippen LogP contribution >= 0.6 is 27.3 Å². The Balaban J connectivity index is 2.46. The standard InChI is InChI=1S/C10H16BrNO2S2/c1-7(6-16(3,13)14)12-5-9-4-10(11)8(2)15-9/h4,7,12H,5-6H2,1-3H3. The Labute approximate surface area is 109 Å². The van der Waals surface area contributed by atoms with Crippen LogP contribution in [0.1, 0.15) is 16.7 Å². The Bertz CT molecular complexity index is 434. The average Bonchev–Trinajstić information content (AvgIpc) is 2.40. The van der Waals surface area contributed by atoms with Gasteiger partial charge in [0.2, 0.25) is 0 Å². The van der Waals surface area contributed by atoms with E-state index in [9.17, 15) is 8.42 Å². The summed E-state index contributed by atoms with van der Waals surface area (Å²) in [5.74, 6) is 0.179. The van der Waals surface area contributed by atoms with Crippen molar-refractivity contribution in [2.45, 2.75) is 26.4 Å². The molecule has 1 unspecified atom stereocenters. The third-order valence-corrected chi connectivity index (χ3v) is 5.33. The van der Waals surface area contributed by atoms with Crippen molar-refractivity contribution in [3.05, 3.63) is 20.3 Å². The zero-order valence-corrected chi connectivity index (χ0v) is 12.8. The molecule has 16 heavy (non-hydrogen) atoms. The van der Waals surface area contributed by atoms with Gasteiger partial charge in [-0.1, -0.05) is 0 Å². The lowest BCUT2D eigenvalue weighted by atomic mass is 10.3. The van der Waals surface area contributed by atoms with E-state index in [1.807, 2.05) is 6.92 Å². The summed E-state index contributed by atoms with van der Waals surface area (Å²) in [4.78, 5) is 2.46. The Hall–Kier alpha value is 0.0900. The van der Waals surface area contributed by atoms with Crippen molar-refractivity contribution in [3.8, 4) is 0 Å². The lowest BCUT2D eigenvalue weighted by Crippen LogP contribution is -2.31. The second-order valence-electron chi connectivity index (χ2n) is 3.99. The molecule has 1 N–H and O–H groups in total. The topological polar surface area (TPSA) is 46.2 Å². The van der Waals surface area contributed by atoms with Crippen LogP contribution in [0.15, 0.2) is 10.5 Å². The third-order valence-electron chi connectivity index (χ3n) is 2.09. The van der Waals surface area contributed by atoms with Crippen LogP contribution in [-0.4, -0.2) is 26.5 Å². The summed E-state index contributed by atoms with van der Waals surface area (Å²) in [5.41, 5.74) is 0. The second kappa shape index (κ2) is 5.62. The van der Waals surface area contributed by atoms with Gasteiger partial charge in [-0.2, -0.15) is 0 Å². The van der Waals surface area contributed by atoms with Crippen LogP contribution in [0.5, 0.6) is 0 Å². The SMILES string of the molecule is Cc1sc(CNC(C)CS(C)(=O)=O)cc1Br. The third kappa shape index (κ3) is 4.95. The first kappa shape index (κ1) is 14.2. The molecule has 0 spiro atoms. The fourth-order valence-corrected chi connectivity index (χ4v) is 3.97. The highest BCUT2D eigenvalue weighted by Crippen LogP contribution is 2.26. The molecule has 0 amide bonds. The summed E-state index contributed by atoms with van der Waals surface area (Å²) >= 11 is 5.17. The largest absolute Gasteiger partial charge is 0.308 e. The van der Waals surface area contributed by atoms with Crippen LogP contribution in [0, 0.1) is 6.92 Å². The number of halogens is 1. The molecule has 0 aliphatic heterocycles. The molecule has 1 aromatic heterocycles. The van der Waals surface area contributed by atoms with Crippen LogP contribution in [0.4, 0.5) is 0 Å². The van der Waals surface area contributed by atoms with Crippen LogP contribution in [0.25, 0.3) is 0 Å². The number of hydrogen-bond acceptors (Lipinski definition) is 4. The van der Waals surface area contributed by atoms with E-state index in [1.165, 1.54) is 16.0 Å². The van der Waals surface area contributed by atoms with Gasteiger partial charge >= 0.3 is 0 Å². The smallest absolute Gasteiger partial charge is 0.148 e. The monoisotopic (exact) mass is 325 g/mol. The quantitative estimate of drug-likeness (QED) is 0.903. The molecule has 0 aromatic carbocycles. The molecular formula is C10H16BrNO2S2. The van der Waals surface area contributed by atoms with Crippen molar-refractivity contribution in [2.24, 2.45) is 0 Å². The highest BCUT2D eigenvalue weighted by Gasteiger charge is 2.10. The van der Waals surface area contributed by atoms with Gasteiger partial charge in [0.15, 0.2) is 0 Å². The molecule has 0 aliphatic rings. The molecule has 1 atom stereocenters.